The fourth-order valence-corrected chi connectivity index (χ4v) is 5.38. The van der Waals surface area contributed by atoms with E-state index < -0.39 is 36.2 Å². The van der Waals surface area contributed by atoms with Crippen molar-refractivity contribution >= 4 is 30.3 Å². The van der Waals surface area contributed by atoms with Crippen LogP contribution in [0.5, 0.6) is 0 Å². The molecule has 0 amide bonds. The van der Waals surface area contributed by atoms with E-state index in [1.54, 1.807) is 0 Å². The number of aliphatic carboxylic acids is 2. The van der Waals surface area contributed by atoms with Crippen molar-refractivity contribution in [3.05, 3.63) is 0 Å². The molecular weight excluding hydrogens is 267 g/mol. The van der Waals surface area contributed by atoms with E-state index in [-0.39, 0.29) is 0 Å². The van der Waals surface area contributed by atoms with Gasteiger partial charge in [-0.15, -0.1) is 0 Å². The van der Waals surface area contributed by atoms with Gasteiger partial charge >= 0.3 is 75.3 Å². The van der Waals surface area contributed by atoms with Crippen molar-refractivity contribution in [2.45, 2.75) is 19.3 Å². The Hall–Kier alpha value is -0.261. The van der Waals surface area contributed by atoms with Crippen LogP contribution in [0.3, 0.4) is 0 Å². The van der Waals surface area contributed by atoms with Gasteiger partial charge in [0.05, 0.1) is 0 Å². The summed E-state index contributed by atoms with van der Waals surface area (Å²) in [5.74, 6) is -3.62. The second-order valence-corrected chi connectivity index (χ2v) is 19.8. The minimum atomic E-state index is -2.29. The quantitative estimate of drug-likeness (QED) is 0.598. The van der Waals surface area contributed by atoms with E-state index in [1.165, 1.54) is 0 Å². The van der Waals surface area contributed by atoms with E-state index >= 15 is 0 Å². The Morgan fingerprint density at radius 2 is 1.50 bits per heavy atom. The summed E-state index contributed by atoms with van der Waals surface area (Å²) in [6, 6.07) is 0. The molecule has 0 unspecified atom stereocenters. The molecule has 4 nitrogen and oxygen atoms in total. The summed E-state index contributed by atoms with van der Waals surface area (Å²) in [5.41, 5.74) is 0. The first kappa shape index (κ1) is 11.7. The van der Waals surface area contributed by atoms with Gasteiger partial charge < -0.3 is 0 Å². The Balaban J connectivity index is 4.35. The van der Waals surface area contributed by atoms with E-state index in [9.17, 15) is 9.59 Å². The number of carbonyl (C=O) groups is 2. The van der Waals surface area contributed by atoms with Gasteiger partial charge in [-0.2, -0.15) is 0 Å². The second-order valence-electron chi connectivity index (χ2n) is 3.99. The minimum absolute atomic E-state index is 0.360. The standard InChI is InChI=1S/C4H5O4.3CH3.Sn/c1-2(3(5)6)4(7)8;;;;/h2H,1H2,(H,5,6)(H,7,8);3*1H3;. The number of hydrogen-bond donors (Lipinski definition) is 2. The summed E-state index contributed by atoms with van der Waals surface area (Å²) in [7, 11) is 0. The first-order valence-electron chi connectivity index (χ1n) is 3.69. The van der Waals surface area contributed by atoms with Crippen LogP contribution in [0, 0.1) is 5.92 Å². The predicted molar refractivity (Wildman–Crippen MR) is 46.9 cm³/mol. The summed E-state index contributed by atoms with van der Waals surface area (Å²) < 4.78 is 0.360. The molecule has 0 atom stereocenters. The molecular formula is C7H14O4Sn. The molecule has 0 aliphatic rings. The summed E-state index contributed by atoms with van der Waals surface area (Å²) in [6.07, 6.45) is 0. The fourth-order valence-electron chi connectivity index (χ4n) is 0.893. The molecule has 0 aliphatic carbocycles. The number of carboxylic acids is 2. The van der Waals surface area contributed by atoms with E-state index in [0.29, 0.717) is 4.44 Å². The van der Waals surface area contributed by atoms with Crippen molar-refractivity contribution in [2.24, 2.45) is 5.92 Å². The summed E-state index contributed by atoms with van der Waals surface area (Å²) >= 11 is -2.29. The zero-order valence-corrected chi connectivity index (χ0v) is 10.3. The predicted octanol–water partition coefficient (Wildman–Crippen LogP) is 1.11. The third kappa shape index (κ3) is 4.58. The van der Waals surface area contributed by atoms with Gasteiger partial charge in [-0.25, -0.2) is 0 Å². The Morgan fingerprint density at radius 1 is 1.17 bits per heavy atom. The molecule has 0 aromatic heterocycles. The van der Waals surface area contributed by atoms with Gasteiger partial charge in [-0.05, 0) is 0 Å². The number of rotatable bonds is 4. The molecule has 0 rings (SSSR count). The van der Waals surface area contributed by atoms with Crippen LogP contribution in [0.15, 0.2) is 0 Å². The van der Waals surface area contributed by atoms with Crippen LogP contribution in [-0.4, -0.2) is 40.5 Å². The molecule has 70 valence electrons. The van der Waals surface area contributed by atoms with Gasteiger partial charge in [0.1, 0.15) is 0 Å². The monoisotopic (exact) mass is 282 g/mol. The average Bonchev–Trinajstić information content (AvgIpc) is 1.79. The molecule has 0 fully saturated rings. The topological polar surface area (TPSA) is 74.6 Å². The van der Waals surface area contributed by atoms with Crippen LogP contribution >= 0.6 is 0 Å². The first-order valence-corrected chi connectivity index (χ1v) is 14.3. The molecule has 0 aromatic rings. The van der Waals surface area contributed by atoms with Gasteiger partial charge in [0.25, 0.3) is 0 Å². The Kier molecular flexibility index (Phi) is 4.02. The molecule has 12 heavy (non-hydrogen) atoms. The third-order valence-electron chi connectivity index (χ3n) is 1.41. The van der Waals surface area contributed by atoms with Crippen LogP contribution in [0.2, 0.25) is 19.3 Å². The molecule has 0 aromatic carbocycles. The zero-order chi connectivity index (χ0) is 9.94. The SMILES string of the molecule is [CH3][Sn]([CH3])([CH3])[CH2]C(C(=O)O)C(=O)O. The Morgan fingerprint density at radius 3 is 1.58 bits per heavy atom. The maximum absolute atomic E-state index is 10.5. The number of carboxylic acid groups (broad SMARTS) is 2. The van der Waals surface area contributed by atoms with E-state index in [0.717, 1.165) is 0 Å². The van der Waals surface area contributed by atoms with Crippen molar-refractivity contribution < 1.29 is 19.8 Å². The molecule has 0 saturated carbocycles. The second kappa shape index (κ2) is 4.11. The van der Waals surface area contributed by atoms with Gasteiger partial charge in [0, 0.05) is 0 Å². The van der Waals surface area contributed by atoms with E-state index in [1.807, 2.05) is 14.8 Å². The molecule has 0 bridgehead atoms. The van der Waals surface area contributed by atoms with Crippen molar-refractivity contribution in [3.8, 4) is 0 Å². The van der Waals surface area contributed by atoms with Gasteiger partial charge in [0.15, 0.2) is 0 Å². The molecule has 0 saturated heterocycles. The van der Waals surface area contributed by atoms with E-state index in [2.05, 4.69) is 0 Å². The van der Waals surface area contributed by atoms with Crippen LogP contribution < -0.4 is 0 Å². The molecule has 0 radical (unpaired) electrons. The third-order valence-corrected chi connectivity index (χ3v) is 6.07. The average molecular weight is 281 g/mol. The molecule has 0 aliphatic heterocycles. The van der Waals surface area contributed by atoms with Crippen molar-refractivity contribution in [1.82, 2.24) is 0 Å². The number of hydrogen-bond acceptors (Lipinski definition) is 2. The van der Waals surface area contributed by atoms with Crippen molar-refractivity contribution in [2.75, 3.05) is 0 Å². The van der Waals surface area contributed by atoms with Crippen molar-refractivity contribution in [1.29, 1.82) is 0 Å². The molecule has 0 heterocycles. The summed E-state index contributed by atoms with van der Waals surface area (Å²) in [6.45, 7) is 0. The fraction of sp³-hybridized carbons (Fsp3) is 0.714. The summed E-state index contributed by atoms with van der Waals surface area (Å²) in [4.78, 5) is 27.0. The zero-order valence-electron chi connectivity index (χ0n) is 7.50. The molecule has 2 N–H and O–H groups in total. The Labute approximate surface area is 75.5 Å². The normalized spacial score (nSPS) is 11.7. The van der Waals surface area contributed by atoms with Gasteiger partial charge in [0.2, 0.25) is 0 Å². The first-order chi connectivity index (χ1) is 5.24. The van der Waals surface area contributed by atoms with Crippen LogP contribution in [0.1, 0.15) is 0 Å². The molecule has 0 spiro atoms. The summed E-state index contributed by atoms with van der Waals surface area (Å²) in [5, 5.41) is 17.1. The Bertz CT molecular complexity index is 180. The van der Waals surface area contributed by atoms with Crippen molar-refractivity contribution in [3.63, 3.8) is 0 Å². The van der Waals surface area contributed by atoms with Crippen LogP contribution in [0.25, 0.3) is 0 Å². The maximum atomic E-state index is 10.5. The van der Waals surface area contributed by atoms with Crippen LogP contribution in [0.4, 0.5) is 0 Å². The van der Waals surface area contributed by atoms with Gasteiger partial charge in [-0.1, -0.05) is 0 Å². The van der Waals surface area contributed by atoms with Gasteiger partial charge in [-0.3, -0.25) is 0 Å². The van der Waals surface area contributed by atoms with Crippen LogP contribution in [-0.2, 0) is 9.59 Å². The van der Waals surface area contributed by atoms with E-state index in [4.69, 9.17) is 10.2 Å². The molecule has 5 heteroatoms.